The van der Waals surface area contributed by atoms with Crippen molar-refractivity contribution in [1.29, 1.82) is 0 Å². The Morgan fingerprint density at radius 1 is 1.39 bits per heavy atom. The minimum atomic E-state index is 0.331. The van der Waals surface area contributed by atoms with Gasteiger partial charge in [0.05, 0.1) is 18.3 Å². The van der Waals surface area contributed by atoms with E-state index in [1.165, 1.54) is 0 Å². The molecule has 18 heavy (non-hydrogen) atoms. The molecule has 1 fully saturated rings. The third-order valence-electron chi connectivity index (χ3n) is 3.40. The zero-order chi connectivity index (χ0) is 12.5. The second-order valence-corrected chi connectivity index (χ2v) is 4.54. The van der Waals surface area contributed by atoms with Gasteiger partial charge in [-0.05, 0) is 25.1 Å². The van der Waals surface area contributed by atoms with Crippen molar-refractivity contribution in [3.63, 3.8) is 0 Å². The van der Waals surface area contributed by atoms with Gasteiger partial charge in [-0.15, -0.1) is 0 Å². The fourth-order valence-corrected chi connectivity index (χ4v) is 2.48. The van der Waals surface area contributed by atoms with Crippen molar-refractivity contribution in [3.05, 3.63) is 23.9 Å². The van der Waals surface area contributed by atoms with Crippen LogP contribution in [0.4, 0.5) is 5.95 Å². The largest absolute Gasteiger partial charge is 0.497 e. The third kappa shape index (κ3) is 1.86. The second kappa shape index (κ2) is 4.42. The highest BCUT2D eigenvalue weighted by Gasteiger charge is 2.21. The van der Waals surface area contributed by atoms with E-state index >= 15 is 0 Å². The van der Waals surface area contributed by atoms with Crippen LogP contribution in [-0.4, -0.2) is 30.2 Å². The number of nitrogen functional groups attached to an aromatic ring is 1. The molecule has 94 valence electrons. The van der Waals surface area contributed by atoms with E-state index in [1.807, 2.05) is 18.2 Å². The van der Waals surface area contributed by atoms with Gasteiger partial charge in [-0.2, -0.15) is 0 Å². The van der Waals surface area contributed by atoms with Crippen LogP contribution in [0.2, 0.25) is 0 Å². The van der Waals surface area contributed by atoms with E-state index in [-0.39, 0.29) is 0 Å². The molecule has 0 bridgehead atoms. The SMILES string of the molecule is COc1ccc2c(C3CCNC3)nc(N)nc2c1. The van der Waals surface area contributed by atoms with Gasteiger partial charge < -0.3 is 15.8 Å². The summed E-state index contributed by atoms with van der Waals surface area (Å²) in [5, 5.41) is 4.42. The lowest BCUT2D eigenvalue weighted by molar-refractivity contribution is 0.415. The summed E-state index contributed by atoms with van der Waals surface area (Å²) < 4.78 is 5.21. The van der Waals surface area contributed by atoms with Crippen molar-refractivity contribution < 1.29 is 4.74 Å². The number of nitrogens with two attached hydrogens (primary N) is 1. The molecular formula is C13H16N4O. The minimum Gasteiger partial charge on any atom is -0.497 e. The molecule has 1 aliphatic heterocycles. The molecule has 3 N–H and O–H groups in total. The molecular weight excluding hydrogens is 228 g/mol. The monoisotopic (exact) mass is 244 g/mol. The number of nitrogens with one attached hydrogen (secondary N) is 1. The van der Waals surface area contributed by atoms with E-state index in [4.69, 9.17) is 10.5 Å². The Morgan fingerprint density at radius 2 is 2.28 bits per heavy atom. The summed E-state index contributed by atoms with van der Waals surface area (Å²) >= 11 is 0. The summed E-state index contributed by atoms with van der Waals surface area (Å²) in [5.41, 5.74) is 7.70. The zero-order valence-electron chi connectivity index (χ0n) is 10.3. The van der Waals surface area contributed by atoms with E-state index in [1.54, 1.807) is 7.11 Å². The standard InChI is InChI=1S/C13H16N4O/c1-18-9-2-3-10-11(6-9)16-13(14)17-12(10)8-4-5-15-7-8/h2-3,6,8,15H,4-5,7H2,1H3,(H2,14,16,17). The molecule has 0 spiro atoms. The lowest BCUT2D eigenvalue weighted by Gasteiger charge is -2.12. The van der Waals surface area contributed by atoms with Crippen molar-refractivity contribution in [1.82, 2.24) is 15.3 Å². The predicted molar refractivity (Wildman–Crippen MR) is 70.7 cm³/mol. The van der Waals surface area contributed by atoms with Crippen LogP contribution in [0.5, 0.6) is 5.75 Å². The maximum absolute atomic E-state index is 5.80. The first-order valence-corrected chi connectivity index (χ1v) is 6.10. The molecule has 1 unspecified atom stereocenters. The summed E-state index contributed by atoms with van der Waals surface area (Å²) in [4.78, 5) is 8.71. The van der Waals surface area contributed by atoms with Gasteiger partial charge >= 0.3 is 0 Å². The first kappa shape index (κ1) is 11.2. The summed E-state index contributed by atoms with van der Waals surface area (Å²) in [7, 11) is 1.65. The summed E-state index contributed by atoms with van der Waals surface area (Å²) in [6.45, 7) is 1.99. The van der Waals surface area contributed by atoms with E-state index < -0.39 is 0 Å². The van der Waals surface area contributed by atoms with Crippen molar-refractivity contribution in [2.75, 3.05) is 25.9 Å². The Balaban J connectivity index is 2.17. The van der Waals surface area contributed by atoms with Gasteiger partial charge in [-0.1, -0.05) is 0 Å². The number of methoxy groups -OCH3 is 1. The molecule has 1 aromatic heterocycles. The topological polar surface area (TPSA) is 73.1 Å². The van der Waals surface area contributed by atoms with Crippen LogP contribution in [-0.2, 0) is 0 Å². The molecule has 2 aromatic rings. The average molecular weight is 244 g/mol. The second-order valence-electron chi connectivity index (χ2n) is 4.54. The van der Waals surface area contributed by atoms with Crippen LogP contribution in [0.3, 0.4) is 0 Å². The Kier molecular flexibility index (Phi) is 2.76. The van der Waals surface area contributed by atoms with Crippen LogP contribution in [0, 0.1) is 0 Å². The summed E-state index contributed by atoms with van der Waals surface area (Å²) in [5.74, 6) is 1.54. The lowest BCUT2D eigenvalue weighted by atomic mass is 10.00. The van der Waals surface area contributed by atoms with Crippen LogP contribution in [0.25, 0.3) is 10.9 Å². The van der Waals surface area contributed by atoms with Crippen molar-refractivity contribution >= 4 is 16.9 Å². The van der Waals surface area contributed by atoms with Crippen LogP contribution < -0.4 is 15.8 Å². The molecule has 1 saturated heterocycles. The van der Waals surface area contributed by atoms with E-state index in [0.717, 1.165) is 41.9 Å². The number of benzene rings is 1. The molecule has 1 aromatic carbocycles. The van der Waals surface area contributed by atoms with E-state index in [9.17, 15) is 0 Å². The highest BCUT2D eigenvalue weighted by molar-refractivity contribution is 5.83. The molecule has 0 saturated carbocycles. The van der Waals surface area contributed by atoms with Crippen molar-refractivity contribution in [3.8, 4) is 5.75 Å². The van der Waals surface area contributed by atoms with Gasteiger partial charge in [-0.3, -0.25) is 0 Å². The number of hydrogen-bond acceptors (Lipinski definition) is 5. The highest BCUT2D eigenvalue weighted by atomic mass is 16.5. The van der Waals surface area contributed by atoms with Crippen molar-refractivity contribution in [2.24, 2.45) is 0 Å². The van der Waals surface area contributed by atoms with E-state index in [0.29, 0.717) is 11.9 Å². The minimum absolute atomic E-state index is 0.331. The molecule has 0 aliphatic carbocycles. The normalized spacial score (nSPS) is 19.3. The third-order valence-corrected chi connectivity index (χ3v) is 3.40. The molecule has 0 amide bonds. The van der Waals surface area contributed by atoms with Gasteiger partial charge in [0.1, 0.15) is 5.75 Å². The Labute approximate surface area is 105 Å². The first-order valence-electron chi connectivity index (χ1n) is 6.10. The average Bonchev–Trinajstić information content (AvgIpc) is 2.90. The number of anilines is 1. The number of nitrogens with zero attached hydrogens (tertiary/aromatic N) is 2. The quantitative estimate of drug-likeness (QED) is 0.833. The molecule has 1 aliphatic rings. The molecule has 0 radical (unpaired) electrons. The molecule has 3 rings (SSSR count). The number of ether oxygens (including phenoxy) is 1. The number of hydrogen-bond donors (Lipinski definition) is 2. The molecule has 2 heterocycles. The lowest BCUT2D eigenvalue weighted by Crippen LogP contribution is -2.10. The Bertz CT molecular complexity index is 578. The number of fused-ring (bicyclic) bond motifs is 1. The first-order chi connectivity index (χ1) is 8.78. The van der Waals surface area contributed by atoms with Crippen LogP contribution in [0.15, 0.2) is 18.2 Å². The highest BCUT2D eigenvalue weighted by Crippen LogP contribution is 2.29. The summed E-state index contributed by atoms with van der Waals surface area (Å²) in [6, 6.07) is 5.86. The van der Waals surface area contributed by atoms with Crippen LogP contribution >= 0.6 is 0 Å². The van der Waals surface area contributed by atoms with Gasteiger partial charge in [0.25, 0.3) is 0 Å². The van der Waals surface area contributed by atoms with E-state index in [2.05, 4.69) is 15.3 Å². The van der Waals surface area contributed by atoms with Crippen molar-refractivity contribution in [2.45, 2.75) is 12.3 Å². The Hall–Kier alpha value is -1.88. The van der Waals surface area contributed by atoms with Gasteiger partial charge in [0.2, 0.25) is 5.95 Å². The zero-order valence-corrected chi connectivity index (χ0v) is 10.3. The Morgan fingerprint density at radius 3 is 3.00 bits per heavy atom. The van der Waals surface area contributed by atoms with Gasteiger partial charge in [0, 0.05) is 23.9 Å². The summed E-state index contributed by atoms with van der Waals surface area (Å²) in [6.07, 6.45) is 1.09. The fourth-order valence-electron chi connectivity index (χ4n) is 2.48. The van der Waals surface area contributed by atoms with Gasteiger partial charge in [-0.25, -0.2) is 9.97 Å². The fraction of sp³-hybridized carbons (Fsp3) is 0.385. The maximum Gasteiger partial charge on any atom is 0.220 e. The predicted octanol–water partition coefficient (Wildman–Crippen LogP) is 1.30. The van der Waals surface area contributed by atoms with Gasteiger partial charge in [0.15, 0.2) is 0 Å². The molecule has 5 heteroatoms. The number of rotatable bonds is 2. The maximum atomic E-state index is 5.80. The smallest absolute Gasteiger partial charge is 0.220 e. The molecule has 5 nitrogen and oxygen atoms in total. The number of aromatic nitrogens is 2. The molecule has 1 atom stereocenters. The van der Waals surface area contributed by atoms with Crippen LogP contribution in [0.1, 0.15) is 18.0 Å².